The minimum Gasteiger partial charge on any atom is -0.308 e. The maximum Gasteiger partial charge on any atom is 0.237 e. The average Bonchev–Trinajstić information content (AvgIpc) is 2.97. The molecule has 0 aliphatic carbocycles. The van der Waals surface area contributed by atoms with Crippen molar-refractivity contribution in [1.82, 2.24) is 0 Å². The maximum atomic E-state index is 12.9. The smallest absolute Gasteiger partial charge is 0.237 e. The third-order valence-electron chi connectivity index (χ3n) is 4.32. The van der Waals surface area contributed by atoms with E-state index >= 15 is 0 Å². The summed E-state index contributed by atoms with van der Waals surface area (Å²) in [5.74, 6) is 1.01. The van der Waals surface area contributed by atoms with E-state index in [9.17, 15) is 13.2 Å². The van der Waals surface area contributed by atoms with Crippen LogP contribution in [0.15, 0.2) is 54.6 Å². The minimum atomic E-state index is -3.07. The van der Waals surface area contributed by atoms with Crippen LogP contribution in [0, 0.1) is 0 Å². The highest BCUT2D eigenvalue weighted by Crippen LogP contribution is 2.26. The number of halogens is 1. The van der Waals surface area contributed by atoms with Gasteiger partial charge < -0.3 is 4.90 Å². The predicted molar refractivity (Wildman–Crippen MR) is 109 cm³/mol. The van der Waals surface area contributed by atoms with Crippen LogP contribution in [-0.2, 0) is 20.4 Å². The van der Waals surface area contributed by atoms with Gasteiger partial charge in [0, 0.05) is 16.5 Å². The van der Waals surface area contributed by atoms with Crippen LogP contribution in [0.1, 0.15) is 12.0 Å². The summed E-state index contributed by atoms with van der Waals surface area (Å²) < 4.78 is 23.8. The number of amides is 1. The first-order chi connectivity index (χ1) is 12.5. The number of thioether (sulfide) groups is 1. The molecule has 1 aliphatic heterocycles. The standard InChI is InChI=1S/C19H20ClNO3S2/c20-18-9-5-4-6-15(18)12-25-13-19(22)21(16-7-2-1-3-8-16)17-10-11-26(23,24)14-17/h1-9,17H,10-14H2/t17-/m1/s1. The molecular formula is C19H20ClNO3S2. The zero-order valence-electron chi connectivity index (χ0n) is 14.2. The molecule has 2 aromatic rings. The predicted octanol–water partition coefficient (Wildman–Crippen LogP) is 3.79. The highest BCUT2D eigenvalue weighted by atomic mass is 35.5. The fourth-order valence-electron chi connectivity index (χ4n) is 3.06. The molecule has 1 saturated heterocycles. The van der Waals surface area contributed by atoms with Crippen LogP contribution < -0.4 is 4.90 Å². The number of hydrogen-bond donors (Lipinski definition) is 0. The fourth-order valence-corrected chi connectivity index (χ4v) is 5.93. The quantitative estimate of drug-likeness (QED) is 0.728. The van der Waals surface area contributed by atoms with Crippen LogP contribution in [0.4, 0.5) is 5.69 Å². The van der Waals surface area contributed by atoms with Crippen molar-refractivity contribution in [2.45, 2.75) is 18.2 Å². The van der Waals surface area contributed by atoms with Gasteiger partial charge in [-0.15, -0.1) is 11.8 Å². The lowest BCUT2D eigenvalue weighted by Gasteiger charge is -2.28. The van der Waals surface area contributed by atoms with Gasteiger partial charge in [-0.05, 0) is 30.2 Å². The van der Waals surface area contributed by atoms with Crippen LogP contribution in [0.3, 0.4) is 0 Å². The molecule has 0 unspecified atom stereocenters. The van der Waals surface area contributed by atoms with Crippen molar-refractivity contribution in [2.24, 2.45) is 0 Å². The monoisotopic (exact) mass is 409 g/mol. The summed E-state index contributed by atoms with van der Waals surface area (Å²) in [6, 6.07) is 16.6. The first-order valence-electron chi connectivity index (χ1n) is 8.35. The van der Waals surface area contributed by atoms with Crippen LogP contribution in [-0.4, -0.2) is 37.6 Å². The summed E-state index contributed by atoms with van der Waals surface area (Å²) in [5, 5.41) is 0.689. The number of benzene rings is 2. The van der Waals surface area contributed by atoms with E-state index in [-0.39, 0.29) is 29.2 Å². The molecule has 138 valence electrons. The third kappa shape index (κ3) is 4.81. The Labute approximate surface area is 163 Å². The normalized spacial score (nSPS) is 18.6. The molecule has 2 aromatic carbocycles. The van der Waals surface area contributed by atoms with E-state index in [0.717, 1.165) is 11.3 Å². The Morgan fingerprint density at radius 1 is 1.12 bits per heavy atom. The van der Waals surface area contributed by atoms with E-state index in [1.165, 1.54) is 11.8 Å². The van der Waals surface area contributed by atoms with Gasteiger partial charge in [-0.1, -0.05) is 48.0 Å². The van der Waals surface area contributed by atoms with E-state index in [4.69, 9.17) is 11.6 Å². The fraction of sp³-hybridized carbons (Fsp3) is 0.316. The lowest BCUT2D eigenvalue weighted by atomic mass is 10.2. The molecule has 4 nitrogen and oxygen atoms in total. The zero-order valence-corrected chi connectivity index (χ0v) is 16.6. The summed E-state index contributed by atoms with van der Waals surface area (Å²) in [7, 11) is -3.07. The van der Waals surface area contributed by atoms with Crippen LogP contribution in [0.25, 0.3) is 0 Å². The van der Waals surface area contributed by atoms with Gasteiger partial charge in [0.1, 0.15) is 0 Å². The van der Waals surface area contributed by atoms with E-state index in [1.807, 2.05) is 54.6 Å². The molecule has 1 aliphatic rings. The number of carbonyl (C=O) groups is 1. The highest BCUT2D eigenvalue weighted by molar-refractivity contribution is 7.99. The number of rotatable bonds is 6. The Hall–Kier alpha value is -1.50. The van der Waals surface area contributed by atoms with Crippen molar-refractivity contribution >= 4 is 44.8 Å². The third-order valence-corrected chi connectivity index (χ3v) is 7.40. The Kier molecular flexibility index (Phi) is 6.27. The van der Waals surface area contributed by atoms with E-state index in [2.05, 4.69) is 0 Å². The van der Waals surface area contributed by atoms with Crippen molar-refractivity contribution in [3.05, 3.63) is 65.2 Å². The molecule has 0 saturated carbocycles. The first-order valence-corrected chi connectivity index (χ1v) is 11.7. The molecule has 26 heavy (non-hydrogen) atoms. The van der Waals surface area contributed by atoms with E-state index < -0.39 is 9.84 Å². The van der Waals surface area contributed by atoms with Gasteiger partial charge in [-0.2, -0.15) is 0 Å². The molecular weight excluding hydrogens is 390 g/mol. The Balaban J connectivity index is 1.70. The van der Waals surface area contributed by atoms with Gasteiger partial charge in [0.2, 0.25) is 5.91 Å². The number of nitrogens with zero attached hydrogens (tertiary/aromatic N) is 1. The highest BCUT2D eigenvalue weighted by Gasteiger charge is 2.35. The van der Waals surface area contributed by atoms with E-state index in [0.29, 0.717) is 17.2 Å². The Morgan fingerprint density at radius 2 is 1.81 bits per heavy atom. The van der Waals surface area contributed by atoms with Gasteiger partial charge in [0.05, 0.1) is 23.3 Å². The second kappa shape index (κ2) is 8.46. The van der Waals surface area contributed by atoms with Gasteiger partial charge in [-0.25, -0.2) is 8.42 Å². The van der Waals surface area contributed by atoms with Crippen LogP contribution in [0.5, 0.6) is 0 Å². The SMILES string of the molecule is O=C(CSCc1ccccc1Cl)N(c1ccccc1)[C@@H]1CCS(=O)(=O)C1. The molecule has 1 heterocycles. The van der Waals surface area contributed by atoms with Crippen molar-refractivity contribution in [1.29, 1.82) is 0 Å². The molecule has 7 heteroatoms. The van der Waals surface area contributed by atoms with Gasteiger partial charge in [-0.3, -0.25) is 4.79 Å². The van der Waals surface area contributed by atoms with Gasteiger partial charge in [0.15, 0.2) is 9.84 Å². The number of hydrogen-bond acceptors (Lipinski definition) is 4. The molecule has 0 N–H and O–H groups in total. The molecule has 0 bridgehead atoms. The van der Waals surface area contributed by atoms with Crippen molar-refractivity contribution < 1.29 is 13.2 Å². The summed E-state index contributed by atoms with van der Waals surface area (Å²) >= 11 is 7.64. The second-order valence-corrected chi connectivity index (χ2v) is 9.86. The van der Waals surface area contributed by atoms with Crippen molar-refractivity contribution in [2.75, 3.05) is 22.2 Å². The van der Waals surface area contributed by atoms with Crippen molar-refractivity contribution in [3.63, 3.8) is 0 Å². The largest absolute Gasteiger partial charge is 0.308 e. The molecule has 0 radical (unpaired) electrons. The minimum absolute atomic E-state index is 0.0306. The van der Waals surface area contributed by atoms with Gasteiger partial charge >= 0.3 is 0 Å². The molecule has 0 spiro atoms. The summed E-state index contributed by atoms with van der Waals surface area (Å²) in [5.41, 5.74) is 1.74. The summed E-state index contributed by atoms with van der Waals surface area (Å²) in [4.78, 5) is 14.6. The molecule has 3 rings (SSSR count). The Bertz CT molecular complexity index is 871. The molecule has 0 aromatic heterocycles. The number of carbonyl (C=O) groups excluding carboxylic acids is 1. The molecule has 1 amide bonds. The lowest BCUT2D eigenvalue weighted by Crippen LogP contribution is -2.42. The Morgan fingerprint density at radius 3 is 2.46 bits per heavy atom. The molecule has 1 fully saturated rings. The second-order valence-electron chi connectivity index (χ2n) is 6.24. The number of anilines is 1. The molecule has 1 atom stereocenters. The lowest BCUT2D eigenvalue weighted by molar-refractivity contribution is -0.116. The van der Waals surface area contributed by atoms with E-state index in [1.54, 1.807) is 4.90 Å². The van der Waals surface area contributed by atoms with Crippen molar-refractivity contribution in [3.8, 4) is 0 Å². The first kappa shape index (κ1) is 19.3. The average molecular weight is 410 g/mol. The number of para-hydroxylation sites is 1. The van der Waals surface area contributed by atoms with Crippen LogP contribution >= 0.6 is 23.4 Å². The summed E-state index contributed by atoms with van der Waals surface area (Å²) in [6.45, 7) is 0. The topological polar surface area (TPSA) is 54.5 Å². The van der Waals surface area contributed by atoms with Crippen LogP contribution in [0.2, 0.25) is 5.02 Å². The van der Waals surface area contributed by atoms with Gasteiger partial charge in [0.25, 0.3) is 0 Å². The summed E-state index contributed by atoms with van der Waals surface area (Å²) in [6.07, 6.45) is 0.484. The number of sulfone groups is 1. The zero-order chi connectivity index (χ0) is 18.6. The maximum absolute atomic E-state index is 12.9.